The minimum Gasteiger partial charge on any atom is -0.486 e. The van der Waals surface area contributed by atoms with Gasteiger partial charge in [0.15, 0.2) is 5.78 Å². The summed E-state index contributed by atoms with van der Waals surface area (Å²) < 4.78 is 5.70. The summed E-state index contributed by atoms with van der Waals surface area (Å²) in [6.45, 7) is 4.30. The highest BCUT2D eigenvalue weighted by molar-refractivity contribution is 6.12. The van der Waals surface area contributed by atoms with E-state index in [0.29, 0.717) is 29.2 Å². The summed E-state index contributed by atoms with van der Waals surface area (Å²) in [5.74, 6) is 0.660. The number of hydrogen-bond acceptors (Lipinski definition) is 3. The van der Waals surface area contributed by atoms with Gasteiger partial charge in [-0.1, -0.05) is 6.07 Å². The quantitative estimate of drug-likeness (QED) is 0.709. The van der Waals surface area contributed by atoms with Gasteiger partial charge in [0.1, 0.15) is 12.4 Å². The number of rotatable bonds is 0. The van der Waals surface area contributed by atoms with Crippen molar-refractivity contribution in [1.82, 2.24) is 4.98 Å². The van der Waals surface area contributed by atoms with Gasteiger partial charge in [0.05, 0.1) is 11.3 Å². The number of carbonyl (C=O) groups is 1. The average Bonchev–Trinajstić information content (AvgIpc) is 2.53. The first-order valence-corrected chi connectivity index (χ1v) is 5.90. The summed E-state index contributed by atoms with van der Waals surface area (Å²) in [4.78, 5) is 16.8. The van der Waals surface area contributed by atoms with Crippen LogP contribution in [0.4, 0.5) is 0 Å². The van der Waals surface area contributed by atoms with Crippen molar-refractivity contribution in [3.63, 3.8) is 0 Å². The molecule has 1 aliphatic rings. The first-order chi connectivity index (χ1) is 8.68. The van der Waals surface area contributed by atoms with E-state index in [-0.39, 0.29) is 5.78 Å². The maximum absolute atomic E-state index is 12.6. The van der Waals surface area contributed by atoms with Crippen molar-refractivity contribution >= 4 is 5.78 Å². The monoisotopic (exact) mass is 239 g/mol. The van der Waals surface area contributed by atoms with Crippen molar-refractivity contribution in [2.24, 2.45) is 0 Å². The Kier molecular flexibility index (Phi) is 2.40. The molecule has 1 aromatic heterocycles. The molecule has 3 rings (SSSR count). The number of ether oxygens (including phenoxy) is 1. The second-order valence-corrected chi connectivity index (χ2v) is 4.50. The van der Waals surface area contributed by atoms with Gasteiger partial charge in [0, 0.05) is 11.8 Å². The van der Waals surface area contributed by atoms with Crippen LogP contribution in [0.1, 0.15) is 32.7 Å². The van der Waals surface area contributed by atoms with E-state index in [1.807, 2.05) is 32.0 Å². The average molecular weight is 239 g/mol. The summed E-state index contributed by atoms with van der Waals surface area (Å²) in [6.07, 6.45) is 1.68. The molecule has 0 atom stereocenters. The molecule has 0 bridgehead atoms. The predicted octanol–water partition coefficient (Wildman–Crippen LogP) is 2.82. The molecule has 2 aromatic rings. The van der Waals surface area contributed by atoms with E-state index in [9.17, 15) is 4.79 Å². The molecule has 0 saturated heterocycles. The van der Waals surface area contributed by atoms with Gasteiger partial charge in [-0.05, 0) is 43.2 Å². The molecule has 0 unspecified atom stereocenters. The Hall–Kier alpha value is -2.16. The van der Waals surface area contributed by atoms with Crippen molar-refractivity contribution in [1.29, 1.82) is 0 Å². The summed E-state index contributed by atoms with van der Waals surface area (Å²) >= 11 is 0. The van der Waals surface area contributed by atoms with E-state index in [4.69, 9.17) is 4.74 Å². The molecule has 90 valence electrons. The fourth-order valence-electron chi connectivity index (χ4n) is 2.23. The Balaban J connectivity index is 2.27. The van der Waals surface area contributed by atoms with Crippen LogP contribution < -0.4 is 4.74 Å². The van der Waals surface area contributed by atoms with Crippen LogP contribution in [0.2, 0.25) is 0 Å². The standard InChI is InChI=1S/C15H13NO2/c1-9-5-6-13-14(10(9)2)15(17)11-4-3-7-16-12(11)8-18-13/h3-7H,8H2,1-2H3. The van der Waals surface area contributed by atoms with Gasteiger partial charge in [-0.2, -0.15) is 0 Å². The van der Waals surface area contributed by atoms with Crippen LogP contribution >= 0.6 is 0 Å². The van der Waals surface area contributed by atoms with Gasteiger partial charge < -0.3 is 4.74 Å². The fourth-order valence-corrected chi connectivity index (χ4v) is 2.23. The lowest BCUT2D eigenvalue weighted by Crippen LogP contribution is -2.06. The molecule has 0 N–H and O–H groups in total. The Morgan fingerprint density at radius 2 is 2.06 bits per heavy atom. The Bertz CT molecular complexity index is 647. The molecule has 0 radical (unpaired) electrons. The molecule has 0 amide bonds. The third-order valence-electron chi connectivity index (χ3n) is 3.42. The number of hydrogen-bond donors (Lipinski definition) is 0. The zero-order valence-electron chi connectivity index (χ0n) is 10.4. The van der Waals surface area contributed by atoms with E-state index in [1.165, 1.54) is 0 Å². The van der Waals surface area contributed by atoms with Crippen molar-refractivity contribution in [3.8, 4) is 5.75 Å². The van der Waals surface area contributed by atoms with Crippen molar-refractivity contribution in [3.05, 3.63) is 58.4 Å². The summed E-state index contributed by atoms with van der Waals surface area (Å²) in [5, 5.41) is 0. The minimum atomic E-state index is 0.00630. The van der Waals surface area contributed by atoms with Gasteiger partial charge in [0.25, 0.3) is 0 Å². The van der Waals surface area contributed by atoms with Crippen molar-refractivity contribution in [2.75, 3.05) is 0 Å². The second kappa shape index (κ2) is 3.95. The smallest absolute Gasteiger partial charge is 0.198 e. The Morgan fingerprint density at radius 3 is 2.89 bits per heavy atom. The van der Waals surface area contributed by atoms with Gasteiger partial charge in [0.2, 0.25) is 0 Å². The van der Waals surface area contributed by atoms with Crippen LogP contribution in [-0.4, -0.2) is 10.8 Å². The van der Waals surface area contributed by atoms with Crippen molar-refractivity contribution < 1.29 is 9.53 Å². The fraction of sp³-hybridized carbons (Fsp3) is 0.200. The summed E-state index contributed by atoms with van der Waals surface area (Å²) in [7, 11) is 0. The van der Waals surface area contributed by atoms with E-state index >= 15 is 0 Å². The minimum absolute atomic E-state index is 0.00630. The Morgan fingerprint density at radius 1 is 1.22 bits per heavy atom. The van der Waals surface area contributed by atoms with Gasteiger partial charge in [-0.15, -0.1) is 0 Å². The number of carbonyl (C=O) groups excluding carboxylic acids is 1. The lowest BCUT2D eigenvalue weighted by molar-refractivity contribution is 0.103. The highest BCUT2D eigenvalue weighted by atomic mass is 16.5. The topological polar surface area (TPSA) is 39.2 Å². The number of pyridine rings is 1. The molecule has 1 aliphatic heterocycles. The number of fused-ring (bicyclic) bond motifs is 2. The molecular weight excluding hydrogens is 226 g/mol. The van der Waals surface area contributed by atoms with Crippen LogP contribution in [0.5, 0.6) is 5.75 Å². The number of nitrogens with zero attached hydrogens (tertiary/aromatic N) is 1. The van der Waals surface area contributed by atoms with Crippen LogP contribution in [0.3, 0.4) is 0 Å². The SMILES string of the molecule is Cc1ccc2c(c1C)C(=O)c1cccnc1CO2. The van der Waals surface area contributed by atoms with E-state index < -0.39 is 0 Å². The maximum atomic E-state index is 12.6. The zero-order valence-corrected chi connectivity index (χ0v) is 10.4. The molecule has 3 heteroatoms. The second-order valence-electron chi connectivity index (χ2n) is 4.50. The van der Waals surface area contributed by atoms with E-state index in [1.54, 1.807) is 12.3 Å². The highest BCUT2D eigenvalue weighted by Gasteiger charge is 2.24. The lowest BCUT2D eigenvalue weighted by atomic mass is 9.95. The molecule has 18 heavy (non-hydrogen) atoms. The third kappa shape index (κ3) is 1.51. The normalized spacial score (nSPS) is 13.3. The lowest BCUT2D eigenvalue weighted by Gasteiger charge is -2.10. The summed E-state index contributed by atoms with van der Waals surface area (Å²) in [6, 6.07) is 7.43. The van der Waals surface area contributed by atoms with Crippen molar-refractivity contribution in [2.45, 2.75) is 20.5 Å². The van der Waals surface area contributed by atoms with Gasteiger partial charge >= 0.3 is 0 Å². The predicted molar refractivity (Wildman–Crippen MR) is 67.9 cm³/mol. The first kappa shape index (κ1) is 11.0. The molecule has 0 spiro atoms. The molecule has 2 heterocycles. The number of aromatic nitrogens is 1. The van der Waals surface area contributed by atoms with E-state index in [2.05, 4.69) is 4.98 Å². The molecule has 0 fully saturated rings. The van der Waals surface area contributed by atoms with Crippen LogP contribution in [0.25, 0.3) is 0 Å². The maximum Gasteiger partial charge on any atom is 0.198 e. The van der Waals surface area contributed by atoms with Crippen LogP contribution in [0.15, 0.2) is 30.5 Å². The van der Waals surface area contributed by atoms with Gasteiger partial charge in [-0.25, -0.2) is 0 Å². The van der Waals surface area contributed by atoms with Gasteiger partial charge in [-0.3, -0.25) is 9.78 Å². The zero-order chi connectivity index (χ0) is 12.7. The third-order valence-corrected chi connectivity index (χ3v) is 3.42. The van der Waals surface area contributed by atoms with Crippen LogP contribution in [0, 0.1) is 13.8 Å². The molecule has 1 aromatic carbocycles. The largest absolute Gasteiger partial charge is 0.486 e. The molecular formula is C15H13NO2. The molecule has 0 saturated carbocycles. The summed E-state index contributed by atoms with van der Waals surface area (Å²) in [5.41, 5.74) is 4.09. The number of benzene rings is 1. The Labute approximate surface area is 105 Å². The highest BCUT2D eigenvalue weighted by Crippen LogP contribution is 2.31. The molecule has 3 nitrogen and oxygen atoms in total. The first-order valence-electron chi connectivity index (χ1n) is 5.90. The molecule has 0 aliphatic carbocycles. The number of ketones is 1. The van der Waals surface area contributed by atoms with E-state index in [0.717, 1.165) is 11.1 Å². The number of aryl methyl sites for hydroxylation is 1. The van der Waals surface area contributed by atoms with Crippen LogP contribution in [-0.2, 0) is 6.61 Å².